The monoisotopic (exact) mass is 200 g/mol. The van der Waals surface area contributed by atoms with Gasteiger partial charge in [0.2, 0.25) is 11.5 Å². The highest BCUT2D eigenvalue weighted by Gasteiger charge is 2.24. The van der Waals surface area contributed by atoms with Crippen molar-refractivity contribution in [1.82, 2.24) is 0 Å². The molecule has 8 heteroatoms. The number of non-ortho nitro benzene ring substituents is 1. The molecule has 0 aliphatic heterocycles. The van der Waals surface area contributed by atoms with Crippen LogP contribution >= 0.6 is 0 Å². The van der Waals surface area contributed by atoms with Crippen molar-refractivity contribution < 1.29 is 20.1 Å². The number of phenolic OH excluding ortho intramolecular Hbond substituents is 2. The highest BCUT2D eigenvalue weighted by molar-refractivity contribution is 5.61. The van der Waals surface area contributed by atoms with Crippen molar-refractivity contribution in [3.05, 3.63) is 32.4 Å². The van der Waals surface area contributed by atoms with Crippen LogP contribution in [0.3, 0.4) is 0 Å². The fourth-order valence-corrected chi connectivity index (χ4v) is 0.882. The zero-order valence-electron chi connectivity index (χ0n) is 6.58. The molecule has 0 heterocycles. The van der Waals surface area contributed by atoms with Crippen molar-refractivity contribution in [1.29, 1.82) is 0 Å². The minimum Gasteiger partial charge on any atom is -0.502 e. The Morgan fingerprint density at radius 2 is 1.43 bits per heavy atom. The summed E-state index contributed by atoms with van der Waals surface area (Å²) in [6.45, 7) is 0. The second kappa shape index (κ2) is 3.17. The Kier molecular flexibility index (Phi) is 2.19. The maximum absolute atomic E-state index is 10.2. The number of hydrogen-bond acceptors (Lipinski definition) is 6. The standard InChI is InChI=1S/C6H4N2O6/c9-4-1-3(7(11)12)2-5(10)6(4)8(13)14/h1-2,9-10H. The Morgan fingerprint density at radius 1 is 1.00 bits per heavy atom. The van der Waals surface area contributed by atoms with Crippen molar-refractivity contribution in [3.63, 3.8) is 0 Å². The first kappa shape index (κ1) is 9.71. The fraction of sp³-hybridized carbons (Fsp3) is 0. The van der Waals surface area contributed by atoms with Crippen molar-refractivity contribution >= 4 is 11.4 Å². The molecule has 0 aromatic heterocycles. The molecule has 0 spiro atoms. The largest absolute Gasteiger partial charge is 0.502 e. The molecule has 0 bridgehead atoms. The highest BCUT2D eigenvalue weighted by atomic mass is 16.6. The Hall–Kier alpha value is -2.38. The summed E-state index contributed by atoms with van der Waals surface area (Å²) in [7, 11) is 0. The molecule has 1 aromatic carbocycles. The molecule has 1 rings (SSSR count). The summed E-state index contributed by atoms with van der Waals surface area (Å²) >= 11 is 0. The molecule has 0 aliphatic rings. The van der Waals surface area contributed by atoms with E-state index in [4.69, 9.17) is 10.2 Å². The predicted octanol–water partition coefficient (Wildman–Crippen LogP) is 0.914. The van der Waals surface area contributed by atoms with Crippen molar-refractivity contribution in [2.24, 2.45) is 0 Å². The predicted molar refractivity (Wildman–Crippen MR) is 43.1 cm³/mol. The highest BCUT2D eigenvalue weighted by Crippen LogP contribution is 2.38. The van der Waals surface area contributed by atoms with Crippen LogP contribution in [0.15, 0.2) is 12.1 Å². The fourth-order valence-electron chi connectivity index (χ4n) is 0.882. The molecule has 1 aromatic rings. The molecule has 0 saturated carbocycles. The number of hydrogen-bond donors (Lipinski definition) is 2. The molecule has 74 valence electrons. The summed E-state index contributed by atoms with van der Waals surface area (Å²) in [5.74, 6) is -1.89. The second-order valence-corrected chi connectivity index (χ2v) is 2.35. The maximum Gasteiger partial charge on any atom is 0.352 e. The number of benzene rings is 1. The topological polar surface area (TPSA) is 127 Å². The van der Waals surface area contributed by atoms with Gasteiger partial charge < -0.3 is 10.2 Å². The van der Waals surface area contributed by atoms with Gasteiger partial charge in [-0.25, -0.2) is 0 Å². The Balaban J connectivity index is 3.39. The lowest BCUT2D eigenvalue weighted by Crippen LogP contribution is -1.92. The first-order chi connectivity index (χ1) is 6.43. The number of nitro groups is 2. The number of nitro benzene ring substituents is 2. The summed E-state index contributed by atoms with van der Waals surface area (Å²) < 4.78 is 0. The van der Waals surface area contributed by atoms with Crippen LogP contribution in [0.4, 0.5) is 11.4 Å². The molecule has 8 nitrogen and oxygen atoms in total. The average molecular weight is 200 g/mol. The van der Waals surface area contributed by atoms with Gasteiger partial charge in [-0.2, -0.15) is 0 Å². The van der Waals surface area contributed by atoms with E-state index in [1.807, 2.05) is 0 Å². The first-order valence-electron chi connectivity index (χ1n) is 3.28. The molecule has 0 atom stereocenters. The molecule has 0 saturated heterocycles. The van der Waals surface area contributed by atoms with E-state index < -0.39 is 32.7 Å². The Morgan fingerprint density at radius 3 is 1.71 bits per heavy atom. The lowest BCUT2D eigenvalue weighted by molar-refractivity contribution is -0.390. The van der Waals surface area contributed by atoms with Gasteiger partial charge in [-0.15, -0.1) is 0 Å². The van der Waals surface area contributed by atoms with Crippen LogP contribution in [-0.2, 0) is 0 Å². The SMILES string of the molecule is O=[N+]([O-])c1cc(O)c([N+](=O)[O-])c(O)c1. The van der Waals surface area contributed by atoms with Gasteiger partial charge in [0.1, 0.15) is 0 Å². The van der Waals surface area contributed by atoms with Crippen LogP contribution in [0.5, 0.6) is 11.5 Å². The van der Waals surface area contributed by atoms with Gasteiger partial charge in [0.25, 0.3) is 5.69 Å². The van der Waals surface area contributed by atoms with E-state index in [2.05, 4.69) is 0 Å². The van der Waals surface area contributed by atoms with E-state index in [0.29, 0.717) is 12.1 Å². The number of rotatable bonds is 2. The molecule has 0 fully saturated rings. The van der Waals surface area contributed by atoms with Crippen molar-refractivity contribution in [2.75, 3.05) is 0 Å². The van der Waals surface area contributed by atoms with Gasteiger partial charge in [0, 0.05) is 0 Å². The average Bonchev–Trinajstić information content (AvgIpc) is 2.01. The van der Waals surface area contributed by atoms with Gasteiger partial charge in [-0.3, -0.25) is 20.2 Å². The lowest BCUT2D eigenvalue weighted by atomic mass is 10.2. The van der Waals surface area contributed by atoms with E-state index in [-0.39, 0.29) is 0 Å². The zero-order chi connectivity index (χ0) is 10.9. The second-order valence-electron chi connectivity index (χ2n) is 2.35. The number of phenols is 2. The summed E-state index contributed by atoms with van der Waals surface area (Å²) in [6.07, 6.45) is 0. The van der Waals surface area contributed by atoms with Crippen LogP contribution < -0.4 is 0 Å². The van der Waals surface area contributed by atoms with E-state index >= 15 is 0 Å². The third kappa shape index (κ3) is 1.53. The molecular formula is C6H4N2O6. The number of aromatic hydroxyl groups is 2. The quantitative estimate of drug-likeness (QED) is 0.539. The first-order valence-corrected chi connectivity index (χ1v) is 3.28. The normalized spacial score (nSPS) is 9.71. The molecule has 0 aliphatic carbocycles. The van der Waals surface area contributed by atoms with E-state index in [0.717, 1.165) is 0 Å². The molecule has 14 heavy (non-hydrogen) atoms. The third-order valence-corrected chi connectivity index (χ3v) is 1.45. The summed E-state index contributed by atoms with van der Waals surface area (Å²) in [5.41, 5.74) is -1.57. The van der Waals surface area contributed by atoms with Crippen molar-refractivity contribution in [3.8, 4) is 11.5 Å². The maximum atomic E-state index is 10.2. The van der Waals surface area contributed by atoms with Crippen LogP contribution in [-0.4, -0.2) is 20.1 Å². The molecule has 2 N–H and O–H groups in total. The van der Waals surface area contributed by atoms with Gasteiger partial charge in [0.15, 0.2) is 0 Å². The van der Waals surface area contributed by atoms with Gasteiger partial charge in [0.05, 0.1) is 22.0 Å². The smallest absolute Gasteiger partial charge is 0.352 e. The van der Waals surface area contributed by atoms with Gasteiger partial charge in [-0.1, -0.05) is 0 Å². The molecular weight excluding hydrogens is 196 g/mol. The molecule has 0 amide bonds. The minimum absolute atomic E-state index is 0.595. The molecule has 0 unspecified atom stereocenters. The van der Waals surface area contributed by atoms with E-state index in [1.54, 1.807) is 0 Å². The Labute approximate surface area is 76.3 Å². The summed E-state index contributed by atoms with van der Waals surface area (Å²) in [6, 6.07) is 1.19. The van der Waals surface area contributed by atoms with Gasteiger partial charge in [-0.05, 0) is 0 Å². The lowest BCUT2D eigenvalue weighted by Gasteiger charge is -1.98. The minimum atomic E-state index is -1.03. The van der Waals surface area contributed by atoms with Gasteiger partial charge >= 0.3 is 5.69 Å². The van der Waals surface area contributed by atoms with Crippen molar-refractivity contribution in [2.45, 2.75) is 0 Å². The zero-order valence-corrected chi connectivity index (χ0v) is 6.58. The Bertz CT molecular complexity index is 392. The summed E-state index contributed by atoms with van der Waals surface area (Å²) in [5, 5.41) is 38.4. The van der Waals surface area contributed by atoms with Crippen LogP contribution in [0, 0.1) is 20.2 Å². The molecule has 0 radical (unpaired) electrons. The van der Waals surface area contributed by atoms with Crippen LogP contribution in [0.25, 0.3) is 0 Å². The van der Waals surface area contributed by atoms with Crippen LogP contribution in [0.2, 0.25) is 0 Å². The van der Waals surface area contributed by atoms with E-state index in [9.17, 15) is 20.2 Å². The van der Waals surface area contributed by atoms with Crippen LogP contribution in [0.1, 0.15) is 0 Å². The number of nitrogens with zero attached hydrogens (tertiary/aromatic N) is 2. The summed E-state index contributed by atoms with van der Waals surface area (Å²) in [4.78, 5) is 18.5. The van der Waals surface area contributed by atoms with E-state index in [1.165, 1.54) is 0 Å². The third-order valence-electron chi connectivity index (χ3n) is 1.45.